The molecule has 0 saturated heterocycles. The maximum absolute atomic E-state index is 13.3. The number of Topliss-reactive ketones (excluding diaryl/α,β-unsaturated/α-hetero) is 1. The molecular weight excluding hydrogens is 290 g/mol. The van der Waals surface area contributed by atoms with Crippen LogP contribution in [0.3, 0.4) is 0 Å². The average molecular weight is 298 g/mol. The van der Waals surface area contributed by atoms with Crippen LogP contribution in [0.5, 0.6) is 5.75 Å². The van der Waals surface area contributed by atoms with Crippen LogP contribution in [-0.4, -0.2) is 23.5 Å². The smallest absolute Gasteiger partial charge is 0.348 e. The van der Waals surface area contributed by atoms with Gasteiger partial charge in [-0.1, -0.05) is 0 Å². The fourth-order valence-electron chi connectivity index (χ4n) is 1.42. The van der Waals surface area contributed by atoms with Gasteiger partial charge in [0, 0.05) is 11.4 Å². The van der Waals surface area contributed by atoms with Crippen molar-refractivity contribution in [2.24, 2.45) is 0 Å². The molecule has 2 aromatic rings. The maximum atomic E-state index is 13.3. The Morgan fingerprint density at radius 3 is 2.65 bits per heavy atom. The molecule has 2 rings (SSSR count). The summed E-state index contributed by atoms with van der Waals surface area (Å²) >= 11 is 0.941. The molecule has 0 bridgehead atoms. The summed E-state index contributed by atoms with van der Waals surface area (Å²) in [4.78, 5) is 23.2. The van der Waals surface area contributed by atoms with Crippen LogP contribution < -0.4 is 0 Å². The van der Waals surface area contributed by atoms with Gasteiger partial charge in [-0.2, -0.15) is 0 Å². The lowest BCUT2D eigenvalue weighted by atomic mass is 10.1. The normalized spacial score (nSPS) is 10.3. The van der Waals surface area contributed by atoms with Gasteiger partial charge in [-0.05, 0) is 18.2 Å². The molecule has 1 N–H and O–H groups in total. The quantitative estimate of drug-likeness (QED) is 0.696. The van der Waals surface area contributed by atoms with Gasteiger partial charge in [-0.25, -0.2) is 13.6 Å². The van der Waals surface area contributed by atoms with E-state index < -0.39 is 35.6 Å². The van der Waals surface area contributed by atoms with Crippen molar-refractivity contribution < 1.29 is 28.2 Å². The number of halogens is 2. The first kappa shape index (κ1) is 14.1. The van der Waals surface area contributed by atoms with E-state index in [1.807, 2.05) is 0 Å². The number of carbonyl (C=O) groups is 2. The largest absolute Gasteiger partial charge is 0.507 e. The lowest BCUT2D eigenvalue weighted by molar-refractivity contribution is 0.0478. The van der Waals surface area contributed by atoms with E-state index in [1.54, 1.807) is 0 Å². The summed E-state index contributed by atoms with van der Waals surface area (Å²) < 4.78 is 30.9. The first-order valence-electron chi connectivity index (χ1n) is 5.40. The highest BCUT2D eigenvalue weighted by molar-refractivity contribution is 7.12. The standard InChI is InChI=1S/C13H8F2O4S/c14-7-1-2-10(15)9(3-7)11(17)5-19-13(18)12-4-8(16)6-20-12/h1-4,6,16H,5H2. The Morgan fingerprint density at radius 2 is 2.00 bits per heavy atom. The second-order valence-electron chi connectivity index (χ2n) is 3.79. The number of hydrogen-bond donors (Lipinski definition) is 1. The van der Waals surface area contributed by atoms with E-state index in [1.165, 1.54) is 11.4 Å². The van der Waals surface area contributed by atoms with E-state index in [0.29, 0.717) is 0 Å². The van der Waals surface area contributed by atoms with E-state index in [9.17, 15) is 18.4 Å². The molecule has 0 aliphatic rings. The predicted molar refractivity (Wildman–Crippen MR) is 67.0 cm³/mol. The number of carbonyl (C=O) groups excluding carboxylic acids is 2. The molecule has 0 aliphatic carbocycles. The number of ether oxygens (including phenoxy) is 1. The Kier molecular flexibility index (Phi) is 4.09. The Labute approximate surface area is 116 Å². The molecule has 0 spiro atoms. The zero-order chi connectivity index (χ0) is 14.7. The van der Waals surface area contributed by atoms with Crippen molar-refractivity contribution in [2.75, 3.05) is 6.61 Å². The van der Waals surface area contributed by atoms with Crippen LogP contribution in [0.25, 0.3) is 0 Å². The number of benzene rings is 1. The van der Waals surface area contributed by atoms with Gasteiger partial charge in [0.2, 0.25) is 5.78 Å². The molecular formula is C13H8F2O4S. The zero-order valence-electron chi connectivity index (χ0n) is 9.93. The summed E-state index contributed by atoms with van der Waals surface area (Å²) in [6.45, 7) is -0.710. The molecule has 1 aromatic heterocycles. The Balaban J connectivity index is 2.02. The van der Waals surface area contributed by atoms with Gasteiger partial charge in [0.05, 0.1) is 5.56 Å². The van der Waals surface area contributed by atoms with Crippen molar-refractivity contribution in [2.45, 2.75) is 0 Å². The first-order valence-corrected chi connectivity index (χ1v) is 6.28. The van der Waals surface area contributed by atoms with Crippen LogP contribution in [0.2, 0.25) is 0 Å². The highest BCUT2D eigenvalue weighted by atomic mass is 32.1. The van der Waals surface area contributed by atoms with Gasteiger partial charge in [0.25, 0.3) is 0 Å². The molecule has 0 saturated carbocycles. The van der Waals surface area contributed by atoms with E-state index in [4.69, 9.17) is 5.11 Å². The molecule has 1 heterocycles. The van der Waals surface area contributed by atoms with Crippen molar-refractivity contribution in [3.05, 3.63) is 51.7 Å². The molecule has 0 unspecified atom stereocenters. The van der Waals surface area contributed by atoms with Gasteiger partial charge in [0.1, 0.15) is 22.3 Å². The number of hydrogen-bond acceptors (Lipinski definition) is 5. The van der Waals surface area contributed by atoms with Crippen LogP contribution in [0.1, 0.15) is 20.0 Å². The van der Waals surface area contributed by atoms with Crippen molar-refractivity contribution in [3.8, 4) is 5.75 Å². The predicted octanol–water partition coefficient (Wildman–Crippen LogP) is 2.77. The van der Waals surface area contributed by atoms with Crippen molar-refractivity contribution in [1.29, 1.82) is 0 Å². The molecule has 0 aliphatic heterocycles. The third-order valence-corrected chi connectivity index (χ3v) is 3.25. The third-order valence-electron chi connectivity index (χ3n) is 2.35. The molecule has 0 atom stereocenters. The van der Waals surface area contributed by atoms with E-state index in [0.717, 1.165) is 29.5 Å². The van der Waals surface area contributed by atoms with Gasteiger partial charge >= 0.3 is 5.97 Å². The van der Waals surface area contributed by atoms with Crippen molar-refractivity contribution in [1.82, 2.24) is 0 Å². The lowest BCUT2D eigenvalue weighted by Crippen LogP contribution is -2.15. The minimum atomic E-state index is -0.888. The third kappa shape index (κ3) is 3.18. The summed E-state index contributed by atoms with van der Waals surface area (Å²) in [5.41, 5.74) is -0.480. The SMILES string of the molecule is O=C(OCC(=O)c1cc(F)ccc1F)c1cc(O)cs1. The van der Waals surface area contributed by atoms with Crippen LogP contribution in [-0.2, 0) is 4.74 Å². The molecule has 4 nitrogen and oxygen atoms in total. The minimum Gasteiger partial charge on any atom is -0.507 e. The number of thiophene rings is 1. The number of rotatable bonds is 4. The first-order chi connectivity index (χ1) is 9.47. The summed E-state index contributed by atoms with van der Waals surface area (Å²) in [6.07, 6.45) is 0. The molecule has 104 valence electrons. The van der Waals surface area contributed by atoms with Crippen LogP contribution in [0.15, 0.2) is 29.6 Å². The summed E-state index contributed by atoms with van der Waals surface area (Å²) in [5.74, 6) is -3.41. The average Bonchev–Trinajstić information content (AvgIpc) is 2.85. The number of ketones is 1. The number of aromatic hydroxyl groups is 1. The zero-order valence-corrected chi connectivity index (χ0v) is 10.7. The molecule has 7 heteroatoms. The maximum Gasteiger partial charge on any atom is 0.348 e. The Hall–Kier alpha value is -2.28. The minimum absolute atomic E-state index is 0.0931. The fraction of sp³-hybridized carbons (Fsp3) is 0.0769. The molecule has 20 heavy (non-hydrogen) atoms. The van der Waals surface area contributed by atoms with Crippen LogP contribution >= 0.6 is 11.3 Å². The topological polar surface area (TPSA) is 63.6 Å². The van der Waals surface area contributed by atoms with Crippen LogP contribution in [0.4, 0.5) is 8.78 Å². The summed E-state index contributed by atoms with van der Waals surface area (Å²) in [7, 11) is 0. The van der Waals surface area contributed by atoms with Gasteiger partial charge in [-0.3, -0.25) is 4.79 Å². The number of esters is 1. The molecule has 0 radical (unpaired) electrons. The van der Waals surface area contributed by atoms with Crippen LogP contribution in [0, 0.1) is 11.6 Å². The van der Waals surface area contributed by atoms with Crippen molar-refractivity contribution in [3.63, 3.8) is 0 Å². The fourth-order valence-corrected chi connectivity index (χ4v) is 2.08. The highest BCUT2D eigenvalue weighted by Crippen LogP contribution is 2.20. The molecule has 0 fully saturated rings. The Morgan fingerprint density at radius 1 is 1.25 bits per heavy atom. The second kappa shape index (κ2) is 5.79. The summed E-state index contributed by atoms with van der Waals surface area (Å²) in [6, 6.07) is 3.62. The van der Waals surface area contributed by atoms with E-state index >= 15 is 0 Å². The lowest BCUT2D eigenvalue weighted by Gasteiger charge is -2.04. The Bertz CT molecular complexity index is 666. The molecule has 1 aromatic carbocycles. The van der Waals surface area contributed by atoms with Gasteiger partial charge < -0.3 is 9.84 Å². The second-order valence-corrected chi connectivity index (χ2v) is 4.70. The monoisotopic (exact) mass is 298 g/mol. The summed E-state index contributed by atoms with van der Waals surface area (Å²) in [5, 5.41) is 10.4. The van der Waals surface area contributed by atoms with E-state index in [2.05, 4.69) is 4.74 Å². The van der Waals surface area contributed by atoms with Crippen molar-refractivity contribution >= 4 is 23.1 Å². The van der Waals surface area contributed by atoms with E-state index in [-0.39, 0.29) is 10.6 Å². The van der Waals surface area contributed by atoms with Gasteiger partial charge in [0.15, 0.2) is 6.61 Å². The highest BCUT2D eigenvalue weighted by Gasteiger charge is 2.17. The molecule has 0 amide bonds. The van der Waals surface area contributed by atoms with Gasteiger partial charge in [-0.15, -0.1) is 11.3 Å².